The maximum absolute atomic E-state index is 10.1. The van der Waals surface area contributed by atoms with Crippen LogP contribution in [0.5, 0.6) is 5.75 Å². The number of rotatable bonds is 5. The van der Waals surface area contributed by atoms with Gasteiger partial charge in [0.2, 0.25) is 5.82 Å². The molecule has 8 nitrogen and oxygen atoms in total. The molecule has 0 bridgehead atoms. The number of hydrogen-bond acceptors (Lipinski definition) is 8. The van der Waals surface area contributed by atoms with Crippen molar-refractivity contribution in [2.24, 2.45) is 0 Å². The summed E-state index contributed by atoms with van der Waals surface area (Å²) in [4.78, 5) is 4.55. The Morgan fingerprint density at radius 3 is 2.75 bits per heavy atom. The van der Waals surface area contributed by atoms with Crippen LogP contribution in [-0.4, -0.2) is 34.5 Å². The Morgan fingerprint density at radius 1 is 1.21 bits per heavy atom. The van der Waals surface area contributed by atoms with E-state index in [1.54, 1.807) is 21.0 Å². The molecule has 0 unspecified atom stereocenters. The van der Waals surface area contributed by atoms with Gasteiger partial charge >= 0.3 is 0 Å². The zero-order valence-electron chi connectivity index (χ0n) is 16.3. The molecular formula is C20H23N5O3. The van der Waals surface area contributed by atoms with Crippen LogP contribution < -0.4 is 20.7 Å². The van der Waals surface area contributed by atoms with E-state index in [1.807, 2.05) is 48.3 Å². The van der Waals surface area contributed by atoms with E-state index in [9.17, 15) is 5.11 Å². The molecule has 1 aliphatic heterocycles. The van der Waals surface area contributed by atoms with E-state index >= 15 is 0 Å². The number of nitrogens with zero attached hydrogens (tertiary/aromatic N) is 3. The third kappa shape index (κ3) is 3.51. The van der Waals surface area contributed by atoms with E-state index in [1.165, 1.54) is 0 Å². The van der Waals surface area contributed by atoms with Crippen LogP contribution in [0.25, 0.3) is 22.8 Å². The summed E-state index contributed by atoms with van der Waals surface area (Å²) in [6.45, 7) is 5.95. The van der Waals surface area contributed by atoms with E-state index in [2.05, 4.69) is 21.1 Å². The minimum atomic E-state index is -0.826. The molecule has 28 heavy (non-hydrogen) atoms. The van der Waals surface area contributed by atoms with Gasteiger partial charge in [0.25, 0.3) is 5.89 Å². The van der Waals surface area contributed by atoms with Gasteiger partial charge in [0.05, 0.1) is 30.6 Å². The molecule has 0 atom stereocenters. The number of hydrazine groups is 2. The summed E-state index contributed by atoms with van der Waals surface area (Å²) in [7, 11) is 1.64. The Balaban J connectivity index is 1.60. The van der Waals surface area contributed by atoms with Gasteiger partial charge in [-0.2, -0.15) is 4.98 Å². The minimum absolute atomic E-state index is 0.440. The summed E-state index contributed by atoms with van der Waals surface area (Å²) in [6.07, 6.45) is 0. The van der Waals surface area contributed by atoms with Crippen LogP contribution >= 0.6 is 0 Å². The summed E-state index contributed by atoms with van der Waals surface area (Å²) in [5, 5.41) is 16.0. The van der Waals surface area contributed by atoms with E-state index in [-0.39, 0.29) is 0 Å². The molecule has 2 heterocycles. The van der Waals surface area contributed by atoms with Crippen molar-refractivity contribution in [2.75, 3.05) is 24.1 Å². The van der Waals surface area contributed by atoms with Crippen LogP contribution in [-0.2, 0) is 0 Å². The van der Waals surface area contributed by atoms with Gasteiger partial charge < -0.3 is 19.8 Å². The molecule has 1 aromatic heterocycles. The lowest BCUT2D eigenvalue weighted by atomic mass is 10.1. The monoisotopic (exact) mass is 381 g/mol. The molecule has 1 aliphatic rings. The smallest absolute Gasteiger partial charge is 0.258 e. The Morgan fingerprint density at radius 2 is 2.04 bits per heavy atom. The number of anilines is 2. The van der Waals surface area contributed by atoms with Crippen molar-refractivity contribution in [1.29, 1.82) is 0 Å². The Kier molecular flexibility index (Phi) is 4.44. The first-order chi connectivity index (χ1) is 13.3. The first kappa shape index (κ1) is 18.3. The lowest BCUT2D eigenvalue weighted by Gasteiger charge is -2.26. The maximum atomic E-state index is 10.1. The van der Waals surface area contributed by atoms with Gasteiger partial charge in [0.15, 0.2) is 0 Å². The zero-order valence-corrected chi connectivity index (χ0v) is 16.3. The molecule has 0 aliphatic carbocycles. The number of methoxy groups -OCH3 is 1. The minimum Gasteiger partial charge on any atom is -0.497 e. The summed E-state index contributed by atoms with van der Waals surface area (Å²) in [5.74, 6) is 1.76. The molecule has 3 N–H and O–H groups in total. The number of aliphatic hydroxyl groups is 1. The summed E-state index contributed by atoms with van der Waals surface area (Å²) >= 11 is 0. The molecule has 0 radical (unpaired) electrons. The number of β-amino-alcohol motifs (C(OH)–C–C–N with tert-alkyl or cyclic N) is 1. The highest BCUT2D eigenvalue weighted by Gasteiger charge is 2.25. The number of benzene rings is 2. The quantitative estimate of drug-likeness (QED) is 0.620. The summed E-state index contributed by atoms with van der Waals surface area (Å²) < 4.78 is 10.7. The average Bonchev–Trinajstić information content (AvgIpc) is 3.27. The number of hydrogen-bond donors (Lipinski definition) is 3. The molecule has 0 spiro atoms. The van der Waals surface area contributed by atoms with Gasteiger partial charge in [-0.25, -0.2) is 0 Å². The molecule has 0 amide bonds. The van der Waals surface area contributed by atoms with Gasteiger partial charge in [-0.15, -0.1) is 5.53 Å². The highest BCUT2D eigenvalue weighted by Crippen LogP contribution is 2.34. The van der Waals surface area contributed by atoms with Crippen molar-refractivity contribution in [2.45, 2.75) is 26.4 Å². The van der Waals surface area contributed by atoms with Gasteiger partial charge in [-0.3, -0.25) is 5.01 Å². The van der Waals surface area contributed by atoms with Gasteiger partial charge in [-0.1, -0.05) is 5.16 Å². The third-order valence-electron chi connectivity index (χ3n) is 4.51. The maximum Gasteiger partial charge on any atom is 0.258 e. The highest BCUT2D eigenvalue weighted by molar-refractivity contribution is 5.78. The Hall–Kier alpha value is -3.10. The molecule has 8 heteroatoms. The van der Waals surface area contributed by atoms with Crippen LogP contribution in [0.3, 0.4) is 0 Å². The van der Waals surface area contributed by atoms with E-state index < -0.39 is 5.60 Å². The number of aryl methyl sites for hydroxylation is 1. The fourth-order valence-electron chi connectivity index (χ4n) is 3.16. The lowest BCUT2D eigenvalue weighted by Crippen LogP contribution is -2.45. The third-order valence-corrected chi connectivity index (χ3v) is 4.51. The lowest BCUT2D eigenvalue weighted by molar-refractivity contribution is 0.0858. The summed E-state index contributed by atoms with van der Waals surface area (Å²) in [6, 6.07) is 11.5. The molecule has 2 aromatic carbocycles. The van der Waals surface area contributed by atoms with Crippen LogP contribution in [0.2, 0.25) is 0 Å². The number of ether oxygens (including phenoxy) is 1. The standard InChI is InChI=1S/C20H23N5O3/c1-12-9-14(27-4)6-7-15(12)19-21-18(23-28-19)13-5-8-17-16(10-13)22-24-25(17)11-20(2,3)26/h5-10,22,24,26H,11H2,1-4H3. The van der Waals surface area contributed by atoms with Crippen LogP contribution in [0.4, 0.5) is 11.4 Å². The first-order valence-electron chi connectivity index (χ1n) is 8.99. The predicted molar refractivity (Wildman–Crippen MR) is 107 cm³/mol. The average molecular weight is 381 g/mol. The van der Waals surface area contributed by atoms with Gasteiger partial charge in [0.1, 0.15) is 5.75 Å². The topological polar surface area (TPSA) is 95.7 Å². The van der Waals surface area contributed by atoms with Gasteiger partial charge in [0, 0.05) is 11.1 Å². The normalized spacial score (nSPS) is 13.4. The second-order valence-corrected chi connectivity index (χ2v) is 7.47. The Bertz CT molecular complexity index is 1010. The molecule has 0 fully saturated rings. The van der Waals surface area contributed by atoms with Crippen LogP contribution in [0.15, 0.2) is 40.9 Å². The fraction of sp³-hybridized carbons (Fsp3) is 0.300. The fourth-order valence-corrected chi connectivity index (χ4v) is 3.16. The number of nitrogens with one attached hydrogen (secondary N) is 2. The van der Waals surface area contributed by atoms with Crippen molar-refractivity contribution in [3.05, 3.63) is 42.0 Å². The van der Waals surface area contributed by atoms with Crippen LogP contribution in [0, 0.1) is 6.92 Å². The number of fused-ring (bicyclic) bond motifs is 1. The number of aromatic nitrogens is 2. The van der Waals surface area contributed by atoms with Crippen molar-refractivity contribution < 1.29 is 14.4 Å². The SMILES string of the molecule is COc1ccc(-c2nc(-c3ccc4c(c3)NNN4CC(C)(C)O)no2)c(C)c1. The molecule has 3 aromatic rings. The van der Waals surface area contributed by atoms with Crippen molar-refractivity contribution in [3.63, 3.8) is 0 Å². The van der Waals surface area contributed by atoms with Crippen LogP contribution in [0.1, 0.15) is 19.4 Å². The second kappa shape index (κ2) is 6.81. The summed E-state index contributed by atoms with van der Waals surface area (Å²) in [5.41, 5.74) is 9.87. The highest BCUT2D eigenvalue weighted by atomic mass is 16.5. The van der Waals surface area contributed by atoms with E-state index in [4.69, 9.17) is 9.26 Å². The second-order valence-electron chi connectivity index (χ2n) is 7.47. The first-order valence-corrected chi connectivity index (χ1v) is 8.99. The van der Waals surface area contributed by atoms with Gasteiger partial charge in [-0.05, 0) is 62.7 Å². The zero-order chi connectivity index (χ0) is 19.9. The van der Waals surface area contributed by atoms with Crippen molar-refractivity contribution in [1.82, 2.24) is 15.7 Å². The molecule has 4 rings (SSSR count). The molecular weight excluding hydrogens is 358 g/mol. The molecule has 0 saturated carbocycles. The Labute approximate surface area is 163 Å². The van der Waals surface area contributed by atoms with Crippen molar-refractivity contribution >= 4 is 11.4 Å². The van der Waals surface area contributed by atoms with Crippen molar-refractivity contribution in [3.8, 4) is 28.6 Å². The largest absolute Gasteiger partial charge is 0.497 e. The molecule has 0 saturated heterocycles. The molecule has 146 valence electrons. The predicted octanol–water partition coefficient (Wildman–Crippen LogP) is 3.14. The van der Waals surface area contributed by atoms with E-state index in [0.29, 0.717) is 18.3 Å². The van der Waals surface area contributed by atoms with E-state index in [0.717, 1.165) is 33.8 Å².